The monoisotopic (exact) mass is 384 g/mol. The maximum atomic E-state index is 12.5. The molecule has 1 fully saturated rings. The fraction of sp³-hybridized carbons (Fsp3) is 0.444. The van der Waals surface area contributed by atoms with Crippen LogP contribution in [0.2, 0.25) is 0 Å². The van der Waals surface area contributed by atoms with Gasteiger partial charge in [0.05, 0.1) is 5.88 Å². The highest BCUT2D eigenvalue weighted by molar-refractivity contribution is 7.99. The lowest BCUT2D eigenvalue weighted by molar-refractivity contribution is -0.135. The number of hydrogen-bond donors (Lipinski definition) is 1. The maximum absolute atomic E-state index is 12.5. The third-order valence-corrected chi connectivity index (χ3v) is 4.52. The van der Waals surface area contributed by atoms with Gasteiger partial charge in [-0.25, -0.2) is 0 Å². The van der Waals surface area contributed by atoms with Crippen molar-refractivity contribution in [2.45, 2.75) is 39.0 Å². The topological polar surface area (TPSA) is 58.6 Å². The van der Waals surface area contributed by atoms with E-state index >= 15 is 0 Å². The molecular weight excluding hydrogens is 362 g/mol. The van der Waals surface area contributed by atoms with E-state index in [2.05, 4.69) is 10.1 Å². The van der Waals surface area contributed by atoms with Crippen LogP contribution in [0, 0.1) is 0 Å². The van der Waals surface area contributed by atoms with Gasteiger partial charge in [0.25, 0.3) is 0 Å². The molecule has 2 rings (SSSR count). The first-order chi connectivity index (χ1) is 12.2. The minimum atomic E-state index is -2.94. The Labute approximate surface area is 155 Å². The van der Waals surface area contributed by atoms with Gasteiger partial charge in [-0.15, -0.1) is 11.8 Å². The van der Waals surface area contributed by atoms with Crippen molar-refractivity contribution in [2.75, 3.05) is 11.6 Å². The Kier molecular flexibility index (Phi) is 6.63. The first-order valence-corrected chi connectivity index (χ1v) is 9.25. The molecule has 0 saturated carbocycles. The van der Waals surface area contributed by atoms with Gasteiger partial charge in [-0.2, -0.15) is 8.78 Å². The summed E-state index contributed by atoms with van der Waals surface area (Å²) < 4.78 is 29.3. The lowest BCUT2D eigenvalue weighted by atomic mass is 10.1. The number of amides is 2. The molecule has 0 aromatic heterocycles. The fourth-order valence-electron chi connectivity index (χ4n) is 2.41. The number of ether oxygens (including phenoxy) is 1. The van der Waals surface area contributed by atoms with E-state index in [9.17, 15) is 18.4 Å². The second-order valence-electron chi connectivity index (χ2n) is 6.81. The van der Waals surface area contributed by atoms with Crippen LogP contribution < -0.4 is 10.1 Å². The largest absolute Gasteiger partial charge is 0.434 e. The molecule has 142 valence electrons. The first-order valence-electron chi connectivity index (χ1n) is 8.09. The third kappa shape index (κ3) is 5.72. The molecule has 0 radical (unpaired) electrons. The molecule has 5 nitrogen and oxygen atoms in total. The number of hydrogen-bond acceptors (Lipinski definition) is 4. The number of carbonyl (C=O) groups is 2. The Morgan fingerprint density at radius 1 is 1.35 bits per heavy atom. The molecular formula is C18H22F2N2O3S. The zero-order valence-corrected chi connectivity index (χ0v) is 15.7. The lowest BCUT2D eigenvalue weighted by Gasteiger charge is -2.27. The number of benzene rings is 1. The third-order valence-electron chi connectivity index (χ3n) is 3.51. The molecule has 0 aliphatic carbocycles. The van der Waals surface area contributed by atoms with Crippen molar-refractivity contribution in [1.29, 1.82) is 0 Å². The van der Waals surface area contributed by atoms with Gasteiger partial charge in [-0.3, -0.25) is 9.59 Å². The van der Waals surface area contributed by atoms with Gasteiger partial charge >= 0.3 is 6.61 Å². The highest BCUT2D eigenvalue weighted by atomic mass is 32.2. The number of para-hydroxylation sites is 1. The molecule has 1 aliphatic rings. The van der Waals surface area contributed by atoms with Gasteiger partial charge in [0.1, 0.15) is 11.8 Å². The van der Waals surface area contributed by atoms with Crippen LogP contribution in [0.25, 0.3) is 6.08 Å². The lowest BCUT2D eigenvalue weighted by Crippen LogP contribution is -2.52. The van der Waals surface area contributed by atoms with Crippen LogP contribution in [0.5, 0.6) is 5.75 Å². The summed E-state index contributed by atoms with van der Waals surface area (Å²) in [4.78, 5) is 26.3. The smallest absolute Gasteiger partial charge is 0.387 e. The molecule has 1 aliphatic heterocycles. The van der Waals surface area contributed by atoms with Crippen molar-refractivity contribution in [2.24, 2.45) is 0 Å². The fourth-order valence-corrected chi connectivity index (χ4v) is 3.57. The van der Waals surface area contributed by atoms with Gasteiger partial charge in [-0.05, 0) is 32.9 Å². The number of nitrogens with one attached hydrogen (secondary N) is 1. The van der Waals surface area contributed by atoms with E-state index in [1.807, 2.05) is 20.8 Å². The molecule has 0 spiro atoms. The quantitative estimate of drug-likeness (QED) is 0.793. The standard InChI is InChI=1S/C18H22F2N2O3S/c1-18(2,3)21-16(24)13-10-26-11-22(13)15(23)9-8-12-6-4-5-7-14(12)25-17(19)20/h4-9,13,17H,10-11H2,1-3H3,(H,21,24). The minimum Gasteiger partial charge on any atom is -0.434 e. The van der Waals surface area contributed by atoms with Gasteiger partial charge < -0.3 is 15.0 Å². The molecule has 8 heteroatoms. The predicted molar refractivity (Wildman–Crippen MR) is 98.0 cm³/mol. The van der Waals surface area contributed by atoms with Crippen LogP contribution in [0.4, 0.5) is 8.78 Å². The summed E-state index contributed by atoms with van der Waals surface area (Å²) in [6, 6.07) is 5.66. The molecule has 1 saturated heterocycles. The minimum absolute atomic E-state index is 0.00984. The molecule has 1 aromatic rings. The summed E-state index contributed by atoms with van der Waals surface area (Å²) in [6.07, 6.45) is 2.69. The average molecular weight is 384 g/mol. The van der Waals surface area contributed by atoms with Crippen LogP contribution >= 0.6 is 11.8 Å². The molecule has 1 heterocycles. The van der Waals surface area contributed by atoms with E-state index in [1.54, 1.807) is 18.2 Å². The number of rotatable bonds is 5. The Bertz CT molecular complexity index is 689. The highest BCUT2D eigenvalue weighted by Gasteiger charge is 2.35. The molecule has 2 amide bonds. The number of carbonyl (C=O) groups excluding carboxylic acids is 2. The highest BCUT2D eigenvalue weighted by Crippen LogP contribution is 2.24. The number of alkyl halides is 2. The first kappa shape index (κ1) is 20.2. The SMILES string of the molecule is CC(C)(C)NC(=O)C1CSCN1C(=O)C=Cc1ccccc1OC(F)F. The van der Waals surface area contributed by atoms with Crippen molar-refractivity contribution in [3.8, 4) is 5.75 Å². The summed E-state index contributed by atoms with van der Waals surface area (Å²) in [6.45, 7) is 2.68. The molecule has 0 bridgehead atoms. The van der Waals surface area contributed by atoms with E-state index in [4.69, 9.17) is 0 Å². The van der Waals surface area contributed by atoms with Gasteiger partial charge in [0.15, 0.2) is 0 Å². The summed E-state index contributed by atoms with van der Waals surface area (Å²) in [5, 5.41) is 2.88. The Hall–Kier alpha value is -2.09. The van der Waals surface area contributed by atoms with E-state index in [1.165, 1.54) is 34.9 Å². The predicted octanol–water partition coefficient (Wildman–Crippen LogP) is 3.12. The summed E-state index contributed by atoms with van der Waals surface area (Å²) in [5.74, 6) is 0.360. The van der Waals surface area contributed by atoms with Gasteiger partial charge in [0.2, 0.25) is 11.8 Å². The van der Waals surface area contributed by atoms with Gasteiger partial charge in [-0.1, -0.05) is 18.2 Å². The summed E-state index contributed by atoms with van der Waals surface area (Å²) in [7, 11) is 0. The molecule has 1 aromatic carbocycles. The Morgan fingerprint density at radius 3 is 2.69 bits per heavy atom. The molecule has 26 heavy (non-hydrogen) atoms. The molecule has 1 atom stereocenters. The van der Waals surface area contributed by atoms with Crippen LogP contribution in [-0.2, 0) is 9.59 Å². The second-order valence-corrected chi connectivity index (χ2v) is 7.81. The zero-order chi connectivity index (χ0) is 19.3. The number of thioether (sulfide) groups is 1. The van der Waals surface area contributed by atoms with Crippen LogP contribution in [0.3, 0.4) is 0 Å². The molecule has 1 N–H and O–H groups in total. The number of nitrogens with zero attached hydrogens (tertiary/aromatic N) is 1. The van der Waals surface area contributed by atoms with Crippen molar-refractivity contribution < 1.29 is 23.1 Å². The van der Waals surface area contributed by atoms with Crippen LogP contribution in [0.1, 0.15) is 26.3 Å². The maximum Gasteiger partial charge on any atom is 0.387 e. The Balaban J connectivity index is 2.09. The van der Waals surface area contributed by atoms with Crippen molar-refractivity contribution in [3.05, 3.63) is 35.9 Å². The second kappa shape index (κ2) is 8.53. The van der Waals surface area contributed by atoms with E-state index < -0.39 is 12.7 Å². The van der Waals surface area contributed by atoms with Crippen LogP contribution in [-0.4, -0.2) is 46.5 Å². The van der Waals surface area contributed by atoms with E-state index in [-0.39, 0.29) is 23.1 Å². The number of halogens is 2. The van der Waals surface area contributed by atoms with Crippen molar-refractivity contribution in [3.63, 3.8) is 0 Å². The van der Waals surface area contributed by atoms with E-state index in [0.29, 0.717) is 17.2 Å². The average Bonchev–Trinajstić information content (AvgIpc) is 3.01. The van der Waals surface area contributed by atoms with E-state index in [0.717, 1.165) is 0 Å². The summed E-state index contributed by atoms with van der Waals surface area (Å²) >= 11 is 1.49. The molecule has 1 unspecified atom stereocenters. The Morgan fingerprint density at radius 2 is 2.04 bits per heavy atom. The summed E-state index contributed by atoms with van der Waals surface area (Å²) in [5.41, 5.74) is -0.0239. The van der Waals surface area contributed by atoms with Crippen LogP contribution in [0.15, 0.2) is 30.3 Å². The van der Waals surface area contributed by atoms with Gasteiger partial charge in [0, 0.05) is 22.9 Å². The van der Waals surface area contributed by atoms with Crippen molar-refractivity contribution in [1.82, 2.24) is 10.2 Å². The normalized spacial score (nSPS) is 17.8. The van der Waals surface area contributed by atoms with Crippen molar-refractivity contribution >= 4 is 29.7 Å². The zero-order valence-electron chi connectivity index (χ0n) is 14.9.